The highest BCUT2D eigenvalue weighted by molar-refractivity contribution is 8.00. The van der Waals surface area contributed by atoms with Crippen molar-refractivity contribution in [1.29, 1.82) is 0 Å². The van der Waals surface area contributed by atoms with Crippen molar-refractivity contribution in [3.05, 3.63) is 18.0 Å². The molecule has 0 spiro atoms. The van der Waals surface area contributed by atoms with Crippen LogP contribution in [0.3, 0.4) is 0 Å². The quantitative estimate of drug-likeness (QED) is 0.818. The Hall–Kier alpha value is -0.480. The largest absolute Gasteiger partial charge is 0.319 e. The Labute approximate surface area is 89.3 Å². The minimum absolute atomic E-state index is 0.557. The van der Waals surface area contributed by atoms with Crippen molar-refractivity contribution < 1.29 is 0 Å². The van der Waals surface area contributed by atoms with Crippen molar-refractivity contribution in [1.82, 2.24) is 15.1 Å². The van der Waals surface area contributed by atoms with E-state index in [1.165, 1.54) is 17.1 Å². The maximum Gasteiger partial charge on any atom is 0.0699 e. The topological polar surface area (TPSA) is 29.9 Å². The molecule has 78 valence electrons. The molecule has 1 aromatic rings. The fourth-order valence-electron chi connectivity index (χ4n) is 1.61. The summed E-state index contributed by atoms with van der Waals surface area (Å²) in [5.74, 6) is 3.00. The number of thioether (sulfide) groups is 1. The van der Waals surface area contributed by atoms with Gasteiger partial charge in [-0.1, -0.05) is 6.92 Å². The van der Waals surface area contributed by atoms with Crippen LogP contribution < -0.4 is 5.32 Å². The molecule has 2 heterocycles. The highest BCUT2D eigenvalue weighted by atomic mass is 32.2. The van der Waals surface area contributed by atoms with Gasteiger partial charge in [-0.05, 0) is 18.5 Å². The first-order valence-corrected chi connectivity index (χ1v) is 6.23. The predicted octanol–water partition coefficient (Wildman–Crippen LogP) is 1.49. The molecule has 2 rings (SSSR count). The van der Waals surface area contributed by atoms with Gasteiger partial charge in [-0.2, -0.15) is 16.9 Å². The molecule has 1 atom stereocenters. The van der Waals surface area contributed by atoms with Crippen LogP contribution in [0.5, 0.6) is 0 Å². The number of rotatable bonds is 4. The van der Waals surface area contributed by atoms with E-state index in [9.17, 15) is 0 Å². The van der Waals surface area contributed by atoms with Crippen molar-refractivity contribution in [2.75, 3.05) is 25.1 Å². The van der Waals surface area contributed by atoms with Crippen LogP contribution in [0.1, 0.15) is 24.4 Å². The second kappa shape index (κ2) is 4.36. The summed E-state index contributed by atoms with van der Waals surface area (Å²) >= 11 is 1.99. The standard InChI is InChI=1S/C10H17N3S/c1-8(3-11-2)9-4-12-13(5-9)10-6-14-7-10/h4-5,8,10-11H,3,6-7H2,1-2H3. The van der Waals surface area contributed by atoms with E-state index >= 15 is 0 Å². The minimum Gasteiger partial charge on any atom is -0.319 e. The second-order valence-corrected chi connectivity index (χ2v) is 4.98. The normalized spacial score (nSPS) is 19.3. The Morgan fingerprint density at radius 2 is 2.50 bits per heavy atom. The smallest absolute Gasteiger partial charge is 0.0699 e. The van der Waals surface area contributed by atoms with E-state index in [1.807, 2.05) is 25.0 Å². The molecule has 1 aliphatic heterocycles. The van der Waals surface area contributed by atoms with Gasteiger partial charge in [0.2, 0.25) is 0 Å². The molecule has 1 unspecified atom stereocenters. The molecule has 1 saturated heterocycles. The first-order valence-electron chi connectivity index (χ1n) is 5.07. The monoisotopic (exact) mass is 211 g/mol. The molecule has 1 aliphatic rings. The van der Waals surface area contributed by atoms with Crippen LogP contribution in [0.25, 0.3) is 0 Å². The lowest BCUT2D eigenvalue weighted by molar-refractivity contribution is 0.525. The van der Waals surface area contributed by atoms with Crippen LogP contribution in [-0.2, 0) is 0 Å². The summed E-state index contributed by atoms with van der Waals surface area (Å²) in [5.41, 5.74) is 1.34. The lowest BCUT2D eigenvalue weighted by Crippen LogP contribution is -2.23. The minimum atomic E-state index is 0.557. The van der Waals surface area contributed by atoms with Crippen molar-refractivity contribution in [3.63, 3.8) is 0 Å². The van der Waals surface area contributed by atoms with E-state index in [-0.39, 0.29) is 0 Å². The van der Waals surface area contributed by atoms with E-state index in [4.69, 9.17) is 0 Å². The molecule has 1 aromatic heterocycles. The molecule has 3 nitrogen and oxygen atoms in total. The summed E-state index contributed by atoms with van der Waals surface area (Å²) in [5, 5.41) is 7.61. The van der Waals surface area contributed by atoms with E-state index in [0.29, 0.717) is 12.0 Å². The molecular weight excluding hydrogens is 194 g/mol. The average molecular weight is 211 g/mol. The Balaban J connectivity index is 2.01. The van der Waals surface area contributed by atoms with Gasteiger partial charge in [-0.3, -0.25) is 4.68 Å². The van der Waals surface area contributed by atoms with Crippen LogP contribution >= 0.6 is 11.8 Å². The van der Waals surface area contributed by atoms with E-state index < -0.39 is 0 Å². The Morgan fingerprint density at radius 1 is 1.71 bits per heavy atom. The van der Waals surface area contributed by atoms with Crippen molar-refractivity contribution in [2.45, 2.75) is 18.9 Å². The summed E-state index contributed by atoms with van der Waals surface area (Å²) < 4.78 is 2.12. The van der Waals surface area contributed by atoms with Gasteiger partial charge in [0.15, 0.2) is 0 Å². The van der Waals surface area contributed by atoms with Crippen LogP contribution in [0, 0.1) is 0 Å². The van der Waals surface area contributed by atoms with Gasteiger partial charge >= 0.3 is 0 Å². The van der Waals surface area contributed by atoms with Crippen LogP contribution in [0.15, 0.2) is 12.4 Å². The first-order chi connectivity index (χ1) is 6.81. The van der Waals surface area contributed by atoms with Crippen LogP contribution in [-0.4, -0.2) is 34.9 Å². The molecule has 0 aliphatic carbocycles. The Morgan fingerprint density at radius 3 is 3.07 bits per heavy atom. The van der Waals surface area contributed by atoms with E-state index in [0.717, 1.165) is 6.54 Å². The molecular formula is C10H17N3S. The van der Waals surface area contributed by atoms with Gasteiger partial charge in [0.05, 0.1) is 12.2 Å². The highest BCUT2D eigenvalue weighted by Crippen LogP contribution is 2.29. The zero-order valence-electron chi connectivity index (χ0n) is 8.73. The molecule has 1 fully saturated rings. The summed E-state index contributed by atoms with van der Waals surface area (Å²) in [7, 11) is 1.99. The zero-order valence-corrected chi connectivity index (χ0v) is 9.55. The molecule has 0 bridgehead atoms. The number of hydrogen-bond acceptors (Lipinski definition) is 3. The number of hydrogen-bond donors (Lipinski definition) is 1. The number of aromatic nitrogens is 2. The summed E-state index contributed by atoms with van der Waals surface area (Å²) in [6.45, 7) is 3.25. The number of nitrogens with zero attached hydrogens (tertiary/aromatic N) is 2. The van der Waals surface area contributed by atoms with Gasteiger partial charge < -0.3 is 5.32 Å². The summed E-state index contributed by atoms with van der Waals surface area (Å²) in [6.07, 6.45) is 4.21. The zero-order chi connectivity index (χ0) is 9.97. The first kappa shape index (κ1) is 10.1. The molecule has 1 N–H and O–H groups in total. The Kier molecular flexibility index (Phi) is 3.13. The third-order valence-electron chi connectivity index (χ3n) is 2.70. The lowest BCUT2D eigenvalue weighted by Gasteiger charge is -2.24. The van der Waals surface area contributed by atoms with Crippen molar-refractivity contribution in [3.8, 4) is 0 Å². The fourth-order valence-corrected chi connectivity index (χ4v) is 2.36. The second-order valence-electron chi connectivity index (χ2n) is 3.90. The SMILES string of the molecule is CNCC(C)c1cnn(C2CSC2)c1. The lowest BCUT2D eigenvalue weighted by atomic mass is 10.1. The molecule has 0 saturated carbocycles. The maximum atomic E-state index is 4.42. The number of nitrogens with one attached hydrogen (secondary N) is 1. The van der Waals surface area contributed by atoms with Gasteiger partial charge in [0.25, 0.3) is 0 Å². The molecule has 0 aromatic carbocycles. The molecule has 0 radical (unpaired) electrons. The van der Waals surface area contributed by atoms with Gasteiger partial charge in [-0.25, -0.2) is 0 Å². The molecule has 0 amide bonds. The number of likely N-dealkylation sites (N-methyl/N-ethyl adjacent to an activating group) is 1. The van der Waals surface area contributed by atoms with Crippen molar-refractivity contribution in [2.24, 2.45) is 0 Å². The highest BCUT2D eigenvalue weighted by Gasteiger charge is 2.21. The third kappa shape index (κ3) is 1.96. The van der Waals surface area contributed by atoms with Gasteiger partial charge in [-0.15, -0.1) is 0 Å². The Bertz CT molecular complexity index is 293. The van der Waals surface area contributed by atoms with Crippen LogP contribution in [0.2, 0.25) is 0 Å². The van der Waals surface area contributed by atoms with E-state index in [1.54, 1.807) is 0 Å². The predicted molar refractivity (Wildman–Crippen MR) is 60.9 cm³/mol. The van der Waals surface area contributed by atoms with E-state index in [2.05, 4.69) is 28.2 Å². The maximum absolute atomic E-state index is 4.42. The molecule has 14 heavy (non-hydrogen) atoms. The average Bonchev–Trinajstić information content (AvgIpc) is 2.50. The molecule has 4 heteroatoms. The van der Waals surface area contributed by atoms with Gasteiger partial charge in [0, 0.05) is 24.2 Å². The van der Waals surface area contributed by atoms with Gasteiger partial charge in [0.1, 0.15) is 0 Å². The third-order valence-corrected chi connectivity index (χ3v) is 3.94. The summed E-state index contributed by atoms with van der Waals surface area (Å²) in [6, 6.07) is 0.649. The van der Waals surface area contributed by atoms with Crippen LogP contribution in [0.4, 0.5) is 0 Å². The summed E-state index contributed by atoms with van der Waals surface area (Å²) in [4.78, 5) is 0. The fraction of sp³-hybridized carbons (Fsp3) is 0.700. The van der Waals surface area contributed by atoms with Crippen molar-refractivity contribution >= 4 is 11.8 Å².